The maximum absolute atomic E-state index is 14.7. The number of hydrogen-bond acceptors (Lipinski definition) is 5. The van der Waals surface area contributed by atoms with Crippen molar-refractivity contribution in [3.63, 3.8) is 0 Å². The second-order valence-electron chi connectivity index (χ2n) is 7.20. The molecule has 154 valence electrons. The normalized spacial score (nSPS) is 19.0. The van der Waals surface area contributed by atoms with Crippen molar-refractivity contribution in [2.24, 2.45) is 0 Å². The number of anilines is 1. The Labute approximate surface area is 169 Å². The van der Waals surface area contributed by atoms with Gasteiger partial charge in [-0.3, -0.25) is 4.79 Å². The van der Waals surface area contributed by atoms with Crippen molar-refractivity contribution >= 4 is 17.6 Å². The summed E-state index contributed by atoms with van der Waals surface area (Å²) in [7, 11) is 1.30. The summed E-state index contributed by atoms with van der Waals surface area (Å²) < 4.78 is 25.0. The number of carbonyl (C=O) groups excluding carboxylic acids is 2. The second-order valence-corrected chi connectivity index (χ2v) is 7.20. The number of nitrogens with zero attached hydrogens (tertiary/aromatic N) is 1. The van der Waals surface area contributed by atoms with Crippen molar-refractivity contribution in [3.05, 3.63) is 65.0 Å². The predicted molar refractivity (Wildman–Crippen MR) is 108 cm³/mol. The van der Waals surface area contributed by atoms with E-state index in [1.807, 2.05) is 24.8 Å². The second kappa shape index (κ2) is 9.05. The van der Waals surface area contributed by atoms with Crippen molar-refractivity contribution in [1.82, 2.24) is 5.32 Å². The van der Waals surface area contributed by atoms with Gasteiger partial charge in [0.15, 0.2) is 0 Å². The number of benzene rings is 2. The number of carbonyl (C=O) groups is 2. The molecule has 2 atom stereocenters. The summed E-state index contributed by atoms with van der Waals surface area (Å²) in [6.07, 6.45) is 0.0883. The fourth-order valence-electron chi connectivity index (χ4n) is 3.45. The third-order valence-corrected chi connectivity index (χ3v) is 4.79. The highest BCUT2D eigenvalue weighted by Crippen LogP contribution is 2.24. The van der Waals surface area contributed by atoms with Crippen LogP contribution in [0.25, 0.3) is 0 Å². The van der Waals surface area contributed by atoms with Crippen LogP contribution in [0.1, 0.15) is 40.1 Å². The molecule has 1 heterocycles. The summed E-state index contributed by atoms with van der Waals surface area (Å²) in [5.41, 5.74) is 1.99. The molecule has 1 aliphatic heterocycles. The molecule has 1 aliphatic rings. The van der Waals surface area contributed by atoms with Crippen LogP contribution in [0.3, 0.4) is 0 Å². The number of morpholine rings is 1. The smallest absolute Gasteiger partial charge is 0.337 e. The molecule has 2 aromatic carbocycles. The van der Waals surface area contributed by atoms with Gasteiger partial charge in [-0.05, 0) is 55.8 Å². The molecule has 0 radical (unpaired) electrons. The molecule has 7 heteroatoms. The number of esters is 1. The monoisotopic (exact) mass is 400 g/mol. The average Bonchev–Trinajstić information content (AvgIpc) is 2.70. The minimum absolute atomic E-state index is 0.0442. The van der Waals surface area contributed by atoms with Crippen molar-refractivity contribution in [1.29, 1.82) is 0 Å². The zero-order chi connectivity index (χ0) is 21.0. The van der Waals surface area contributed by atoms with Crippen LogP contribution in [0, 0.1) is 5.82 Å². The van der Waals surface area contributed by atoms with Crippen LogP contribution in [-0.4, -0.2) is 44.3 Å². The van der Waals surface area contributed by atoms with Crippen LogP contribution in [0.2, 0.25) is 0 Å². The lowest BCUT2D eigenvalue weighted by Crippen LogP contribution is -2.45. The number of hydrogen-bond donors (Lipinski definition) is 1. The van der Waals surface area contributed by atoms with E-state index in [0.717, 1.165) is 0 Å². The molecule has 0 aliphatic carbocycles. The number of nitrogens with one attached hydrogen (secondary N) is 1. The van der Waals surface area contributed by atoms with Crippen LogP contribution in [-0.2, 0) is 16.0 Å². The van der Waals surface area contributed by atoms with Crippen LogP contribution in [0.5, 0.6) is 0 Å². The van der Waals surface area contributed by atoms with E-state index in [9.17, 15) is 14.0 Å². The first-order valence-corrected chi connectivity index (χ1v) is 9.52. The number of amides is 1. The Morgan fingerprint density at radius 3 is 2.31 bits per heavy atom. The minimum Gasteiger partial charge on any atom is -0.465 e. The SMILES string of the molecule is COC(=O)c1ccc(C(=O)NCc2ccc(N3CC(C)OC(C)C3)c(F)c2)cc1. The largest absolute Gasteiger partial charge is 0.465 e. The molecule has 6 nitrogen and oxygen atoms in total. The summed E-state index contributed by atoms with van der Waals surface area (Å²) in [5.74, 6) is -1.08. The molecular formula is C22H25FN2O4. The average molecular weight is 400 g/mol. The highest BCUT2D eigenvalue weighted by molar-refractivity contribution is 5.96. The zero-order valence-corrected chi connectivity index (χ0v) is 16.8. The number of halogens is 1. The maximum Gasteiger partial charge on any atom is 0.337 e. The van der Waals surface area contributed by atoms with Crippen LogP contribution in [0.15, 0.2) is 42.5 Å². The molecular weight excluding hydrogens is 375 g/mol. The third-order valence-electron chi connectivity index (χ3n) is 4.79. The van der Waals surface area contributed by atoms with Gasteiger partial charge in [0.1, 0.15) is 5.82 Å². The van der Waals surface area contributed by atoms with E-state index in [1.54, 1.807) is 18.2 Å². The van der Waals surface area contributed by atoms with Crippen molar-refractivity contribution in [2.75, 3.05) is 25.1 Å². The number of rotatable bonds is 5. The molecule has 0 saturated carbocycles. The molecule has 3 rings (SSSR count). The van der Waals surface area contributed by atoms with E-state index >= 15 is 0 Å². The predicted octanol–water partition coefficient (Wildman–Crippen LogP) is 3.16. The van der Waals surface area contributed by atoms with Crippen molar-refractivity contribution in [3.8, 4) is 0 Å². The summed E-state index contributed by atoms with van der Waals surface area (Å²) >= 11 is 0. The lowest BCUT2D eigenvalue weighted by Gasteiger charge is -2.37. The third kappa shape index (κ3) is 5.12. The molecule has 1 N–H and O–H groups in total. The summed E-state index contributed by atoms with van der Waals surface area (Å²) in [6.45, 7) is 5.42. The zero-order valence-electron chi connectivity index (χ0n) is 16.8. The maximum atomic E-state index is 14.7. The highest BCUT2D eigenvalue weighted by atomic mass is 19.1. The van der Waals surface area contributed by atoms with Gasteiger partial charge >= 0.3 is 5.97 Å². The Morgan fingerprint density at radius 2 is 1.72 bits per heavy atom. The van der Waals surface area contributed by atoms with E-state index in [-0.39, 0.29) is 30.5 Å². The molecule has 0 spiro atoms. The van der Waals surface area contributed by atoms with Gasteiger partial charge in [-0.25, -0.2) is 9.18 Å². The van der Waals surface area contributed by atoms with E-state index in [0.29, 0.717) is 35.5 Å². The fourth-order valence-corrected chi connectivity index (χ4v) is 3.45. The lowest BCUT2D eigenvalue weighted by atomic mass is 10.1. The summed E-state index contributed by atoms with van der Waals surface area (Å²) in [4.78, 5) is 25.7. The Morgan fingerprint density at radius 1 is 1.10 bits per heavy atom. The van der Waals surface area contributed by atoms with Gasteiger partial charge < -0.3 is 19.7 Å². The van der Waals surface area contributed by atoms with Gasteiger partial charge in [0.05, 0.1) is 30.6 Å². The van der Waals surface area contributed by atoms with E-state index in [2.05, 4.69) is 10.1 Å². The standard InChI is InChI=1S/C22H25FN2O4/c1-14-12-25(13-15(2)29-14)20-9-4-16(10-19(20)23)11-24-21(26)17-5-7-18(8-6-17)22(27)28-3/h4-10,14-15H,11-13H2,1-3H3,(H,24,26). The van der Waals surface area contributed by atoms with E-state index < -0.39 is 5.97 Å². The molecule has 0 bridgehead atoms. The van der Waals surface area contributed by atoms with Gasteiger partial charge in [-0.2, -0.15) is 0 Å². The Kier molecular flexibility index (Phi) is 6.49. The molecule has 29 heavy (non-hydrogen) atoms. The van der Waals surface area contributed by atoms with Gasteiger partial charge in [0, 0.05) is 25.2 Å². The Bertz CT molecular complexity index is 875. The number of ether oxygens (including phenoxy) is 2. The van der Waals surface area contributed by atoms with Crippen molar-refractivity contribution < 1.29 is 23.5 Å². The molecule has 1 saturated heterocycles. The first-order valence-electron chi connectivity index (χ1n) is 9.52. The molecule has 2 aromatic rings. The molecule has 1 fully saturated rings. The van der Waals surface area contributed by atoms with Crippen LogP contribution < -0.4 is 10.2 Å². The molecule has 2 unspecified atom stereocenters. The van der Waals surface area contributed by atoms with Crippen LogP contribution in [0.4, 0.5) is 10.1 Å². The molecule has 0 aromatic heterocycles. The number of methoxy groups -OCH3 is 1. The Balaban J connectivity index is 1.61. The van der Waals surface area contributed by atoms with Gasteiger partial charge in [-0.1, -0.05) is 6.07 Å². The van der Waals surface area contributed by atoms with Crippen molar-refractivity contribution in [2.45, 2.75) is 32.6 Å². The van der Waals surface area contributed by atoms with Gasteiger partial charge in [-0.15, -0.1) is 0 Å². The first-order chi connectivity index (χ1) is 13.9. The van der Waals surface area contributed by atoms with Crippen LogP contribution >= 0.6 is 0 Å². The van der Waals surface area contributed by atoms with Gasteiger partial charge in [0.2, 0.25) is 0 Å². The quantitative estimate of drug-likeness (QED) is 0.781. The fraction of sp³-hybridized carbons (Fsp3) is 0.364. The van der Waals surface area contributed by atoms with E-state index in [1.165, 1.54) is 25.3 Å². The molecule has 1 amide bonds. The minimum atomic E-state index is -0.462. The summed E-state index contributed by atoms with van der Waals surface area (Å²) in [5, 5.41) is 2.76. The highest BCUT2D eigenvalue weighted by Gasteiger charge is 2.24. The summed E-state index contributed by atoms with van der Waals surface area (Å²) in [6, 6.07) is 11.1. The van der Waals surface area contributed by atoms with Gasteiger partial charge in [0.25, 0.3) is 5.91 Å². The van der Waals surface area contributed by atoms with E-state index in [4.69, 9.17) is 4.74 Å². The lowest BCUT2D eigenvalue weighted by molar-refractivity contribution is -0.00540. The topological polar surface area (TPSA) is 67.9 Å². The first kappa shape index (κ1) is 20.8. The Hall–Kier alpha value is -2.93.